The van der Waals surface area contributed by atoms with Crippen molar-refractivity contribution in [1.29, 1.82) is 10.5 Å². The van der Waals surface area contributed by atoms with E-state index in [0.29, 0.717) is 11.6 Å². The number of rotatable bonds is 1. The van der Waals surface area contributed by atoms with Crippen LogP contribution in [0.1, 0.15) is 11.5 Å². The number of nitriles is 2. The van der Waals surface area contributed by atoms with E-state index in [4.69, 9.17) is 22.1 Å². The van der Waals surface area contributed by atoms with E-state index >= 15 is 0 Å². The van der Waals surface area contributed by atoms with Gasteiger partial charge in [-0.25, -0.2) is 4.99 Å². The van der Waals surface area contributed by atoms with E-state index in [9.17, 15) is 10.5 Å². The molecular formula is C15H11ClN4OS. The highest BCUT2D eigenvalue weighted by Crippen LogP contribution is 2.84. The molecule has 1 spiro atoms. The Kier molecular flexibility index (Phi) is 2.64. The molecule has 2 N–H and O–H groups in total. The molecule has 0 radical (unpaired) electrons. The summed E-state index contributed by atoms with van der Waals surface area (Å²) < 4.78 is 5.82. The van der Waals surface area contributed by atoms with Crippen molar-refractivity contribution >= 4 is 29.2 Å². The minimum atomic E-state index is -1.16. The molecule has 5 nitrogen and oxygen atoms in total. The van der Waals surface area contributed by atoms with Crippen LogP contribution in [-0.4, -0.2) is 23.3 Å². The summed E-state index contributed by atoms with van der Waals surface area (Å²) >= 11 is 7.75. The normalized spacial score (nSPS) is 41.6. The molecule has 7 heteroatoms. The molecule has 22 heavy (non-hydrogen) atoms. The summed E-state index contributed by atoms with van der Waals surface area (Å²) in [5, 5.41) is 19.2. The maximum Gasteiger partial charge on any atom is 0.230 e. The zero-order valence-electron chi connectivity index (χ0n) is 11.4. The molecule has 4 atom stereocenters. The maximum absolute atomic E-state index is 9.96. The van der Waals surface area contributed by atoms with Gasteiger partial charge in [0.2, 0.25) is 5.06 Å². The number of fused-ring (bicyclic) bond motifs is 2. The SMILES string of the molecule is N#C[C@@]12[C@H](c3ccccc3Cl)[C@]1(C#N)C(N)=N[C@@]21OCCS1. The lowest BCUT2D eigenvalue weighted by atomic mass is 9.95. The molecule has 0 bridgehead atoms. The second-order valence-corrected chi connectivity index (χ2v) is 7.23. The van der Waals surface area contributed by atoms with Crippen LogP contribution in [0.15, 0.2) is 29.3 Å². The van der Waals surface area contributed by atoms with Crippen LogP contribution in [0.2, 0.25) is 5.02 Å². The second kappa shape index (κ2) is 4.17. The third-order valence-corrected chi connectivity index (χ3v) is 6.46. The summed E-state index contributed by atoms with van der Waals surface area (Å²) in [5.41, 5.74) is 4.57. The minimum absolute atomic E-state index is 0.177. The second-order valence-electron chi connectivity index (χ2n) is 5.57. The van der Waals surface area contributed by atoms with Gasteiger partial charge in [0.15, 0.2) is 5.41 Å². The van der Waals surface area contributed by atoms with E-state index in [2.05, 4.69) is 17.1 Å². The molecule has 1 saturated heterocycles. The molecule has 1 aromatic rings. The molecule has 2 aliphatic heterocycles. The molecule has 1 aromatic carbocycles. The molecule has 1 saturated carbocycles. The van der Waals surface area contributed by atoms with E-state index in [1.165, 1.54) is 11.8 Å². The van der Waals surface area contributed by atoms with E-state index in [1.807, 2.05) is 18.2 Å². The summed E-state index contributed by atoms with van der Waals surface area (Å²) in [7, 11) is 0. The van der Waals surface area contributed by atoms with Gasteiger partial charge in [-0.2, -0.15) is 10.5 Å². The Morgan fingerprint density at radius 3 is 2.73 bits per heavy atom. The summed E-state index contributed by atoms with van der Waals surface area (Å²) in [6.07, 6.45) is 0. The lowest BCUT2D eigenvalue weighted by Crippen LogP contribution is -2.34. The molecule has 0 unspecified atom stereocenters. The molecule has 4 rings (SSSR count). The van der Waals surface area contributed by atoms with Gasteiger partial charge in [0.05, 0.1) is 18.7 Å². The summed E-state index contributed by atoms with van der Waals surface area (Å²) in [6.45, 7) is 0.488. The first-order valence-corrected chi connectivity index (χ1v) is 8.16. The van der Waals surface area contributed by atoms with Gasteiger partial charge in [0.25, 0.3) is 0 Å². The largest absolute Gasteiger partial charge is 0.386 e. The first-order valence-electron chi connectivity index (χ1n) is 6.80. The van der Waals surface area contributed by atoms with Gasteiger partial charge in [0.1, 0.15) is 11.3 Å². The van der Waals surface area contributed by atoms with Gasteiger partial charge in [-0.3, -0.25) is 0 Å². The van der Waals surface area contributed by atoms with Crippen LogP contribution >= 0.6 is 23.4 Å². The number of ether oxygens (including phenoxy) is 1. The van der Waals surface area contributed by atoms with Gasteiger partial charge in [0, 0.05) is 16.7 Å². The Morgan fingerprint density at radius 1 is 1.36 bits per heavy atom. The van der Waals surface area contributed by atoms with Crippen molar-refractivity contribution in [1.82, 2.24) is 0 Å². The third kappa shape index (κ3) is 1.20. The van der Waals surface area contributed by atoms with Crippen molar-refractivity contribution in [2.75, 3.05) is 12.4 Å². The Balaban J connectivity index is 1.97. The van der Waals surface area contributed by atoms with E-state index in [-0.39, 0.29) is 5.84 Å². The predicted molar refractivity (Wildman–Crippen MR) is 83.0 cm³/mol. The fourth-order valence-electron chi connectivity index (χ4n) is 3.89. The summed E-state index contributed by atoms with van der Waals surface area (Å²) in [5.74, 6) is 0.472. The fourth-order valence-corrected chi connectivity index (χ4v) is 5.46. The number of hydrogen-bond acceptors (Lipinski definition) is 6. The van der Waals surface area contributed by atoms with Crippen LogP contribution in [0.5, 0.6) is 0 Å². The number of amidine groups is 1. The third-order valence-electron chi connectivity index (χ3n) is 4.82. The number of aliphatic imine (C=N–C) groups is 1. The molecule has 110 valence electrons. The van der Waals surface area contributed by atoms with Crippen LogP contribution in [-0.2, 0) is 4.74 Å². The zero-order chi connectivity index (χ0) is 15.6. The minimum Gasteiger partial charge on any atom is -0.386 e. The molecular weight excluding hydrogens is 320 g/mol. The van der Waals surface area contributed by atoms with Gasteiger partial charge in [-0.05, 0) is 11.6 Å². The van der Waals surface area contributed by atoms with Gasteiger partial charge >= 0.3 is 0 Å². The monoisotopic (exact) mass is 330 g/mol. The summed E-state index contributed by atoms with van der Waals surface area (Å²) in [4.78, 5) is 4.39. The highest BCUT2D eigenvalue weighted by molar-refractivity contribution is 8.00. The quantitative estimate of drug-likeness (QED) is 0.852. The lowest BCUT2D eigenvalue weighted by Gasteiger charge is -2.26. The number of halogens is 1. The van der Waals surface area contributed by atoms with Crippen LogP contribution in [0.25, 0.3) is 0 Å². The summed E-state index contributed by atoms with van der Waals surface area (Å²) in [6, 6.07) is 11.8. The molecule has 2 heterocycles. The van der Waals surface area contributed by atoms with Gasteiger partial charge < -0.3 is 10.5 Å². The average molecular weight is 331 g/mol. The molecule has 2 fully saturated rings. The maximum atomic E-state index is 9.96. The van der Waals surface area contributed by atoms with Crippen LogP contribution < -0.4 is 5.73 Å². The number of hydrogen-bond donors (Lipinski definition) is 1. The van der Waals surface area contributed by atoms with Crippen molar-refractivity contribution in [3.05, 3.63) is 34.9 Å². The molecule has 0 amide bonds. The van der Waals surface area contributed by atoms with Crippen LogP contribution in [0, 0.1) is 33.5 Å². The first-order chi connectivity index (χ1) is 10.6. The van der Waals surface area contributed by atoms with Crippen molar-refractivity contribution in [3.63, 3.8) is 0 Å². The van der Waals surface area contributed by atoms with Crippen molar-refractivity contribution in [3.8, 4) is 12.1 Å². The van der Waals surface area contributed by atoms with Crippen molar-refractivity contribution in [2.24, 2.45) is 21.6 Å². The Hall–Kier alpha value is -1.73. The van der Waals surface area contributed by atoms with Crippen molar-refractivity contribution in [2.45, 2.75) is 11.0 Å². The van der Waals surface area contributed by atoms with Gasteiger partial charge in [-0.15, -0.1) is 0 Å². The van der Waals surface area contributed by atoms with Gasteiger partial charge in [-0.1, -0.05) is 41.6 Å². The van der Waals surface area contributed by atoms with Crippen molar-refractivity contribution < 1.29 is 4.74 Å². The molecule has 3 aliphatic rings. The van der Waals surface area contributed by atoms with E-state index < -0.39 is 21.8 Å². The highest BCUT2D eigenvalue weighted by Gasteiger charge is 2.93. The smallest absolute Gasteiger partial charge is 0.230 e. The lowest BCUT2D eigenvalue weighted by molar-refractivity contribution is 0.0200. The molecule has 1 aliphatic carbocycles. The number of benzene rings is 1. The van der Waals surface area contributed by atoms with E-state index in [1.54, 1.807) is 6.07 Å². The Bertz CT molecular complexity index is 791. The predicted octanol–water partition coefficient (Wildman–Crippen LogP) is 2.25. The number of nitrogens with zero attached hydrogens (tertiary/aromatic N) is 3. The topological polar surface area (TPSA) is 95.2 Å². The fraction of sp³-hybridized carbons (Fsp3) is 0.400. The highest BCUT2D eigenvalue weighted by atomic mass is 35.5. The standard InChI is InChI=1S/C15H11ClN4OS/c16-10-4-2-1-3-9(10)11-13(7-17)12(19)20-15(14(11,13)8-18)21-5-6-22-15/h1-4,11H,5-6H2,(H2,19,20)/t11-,13-,14-,15-/m1/s1. The zero-order valence-corrected chi connectivity index (χ0v) is 13.0. The Labute approximate surface area is 136 Å². The molecule has 0 aromatic heterocycles. The van der Waals surface area contributed by atoms with Crippen LogP contribution in [0.3, 0.4) is 0 Å². The van der Waals surface area contributed by atoms with Crippen LogP contribution in [0.4, 0.5) is 0 Å². The Morgan fingerprint density at radius 2 is 2.14 bits per heavy atom. The average Bonchev–Trinajstić information content (AvgIpc) is 2.76. The number of nitrogens with two attached hydrogens (primary N) is 1. The first kappa shape index (κ1) is 13.9. The number of thioether (sulfide) groups is 1. The van der Waals surface area contributed by atoms with E-state index in [0.717, 1.165) is 11.3 Å².